The molecule has 2 aromatic rings. The minimum Gasteiger partial charge on any atom is -0.496 e. The van der Waals surface area contributed by atoms with Gasteiger partial charge in [-0.05, 0) is 24.1 Å². The van der Waals surface area contributed by atoms with Gasteiger partial charge in [0.2, 0.25) is 5.89 Å². The molecule has 2 rings (SSSR count). The number of aryl methyl sites for hydroxylation is 1. The third-order valence-electron chi connectivity index (χ3n) is 2.46. The number of aromatic nitrogens is 2. The third-order valence-corrected chi connectivity index (χ3v) is 2.46. The Morgan fingerprint density at radius 2 is 2.22 bits per heavy atom. The molecule has 0 aliphatic carbocycles. The monoisotopic (exact) mass is 248 g/mol. The molecular weight excluding hydrogens is 236 g/mol. The van der Waals surface area contributed by atoms with Crippen LogP contribution in [0.1, 0.15) is 27.7 Å². The second-order valence-electron chi connectivity index (χ2n) is 3.79. The standard InChI is InChI=1S/C12H12N2O4/c1-7-5-8(3-4-9(7)17-2)6-10-13-14-11(18-10)12(15)16/h3-5H,6H2,1-2H3,(H,15,16). The van der Waals surface area contributed by atoms with Gasteiger partial charge in [-0.15, -0.1) is 10.2 Å². The molecular formula is C12H12N2O4. The summed E-state index contributed by atoms with van der Waals surface area (Å²) in [6.45, 7) is 1.93. The first-order valence-electron chi connectivity index (χ1n) is 5.29. The summed E-state index contributed by atoms with van der Waals surface area (Å²) in [6.07, 6.45) is 0.394. The van der Waals surface area contributed by atoms with E-state index in [4.69, 9.17) is 14.3 Å². The Kier molecular flexibility index (Phi) is 3.27. The van der Waals surface area contributed by atoms with E-state index in [0.717, 1.165) is 16.9 Å². The molecule has 0 aliphatic heterocycles. The minimum absolute atomic E-state index is 0.275. The first-order valence-corrected chi connectivity index (χ1v) is 5.29. The van der Waals surface area contributed by atoms with E-state index in [9.17, 15) is 4.79 Å². The topological polar surface area (TPSA) is 85.5 Å². The molecule has 0 saturated heterocycles. The molecule has 6 heteroatoms. The SMILES string of the molecule is COc1ccc(Cc2nnc(C(=O)O)o2)cc1C. The van der Waals surface area contributed by atoms with Gasteiger partial charge < -0.3 is 14.3 Å². The summed E-state index contributed by atoms with van der Waals surface area (Å²) < 4.78 is 10.1. The lowest BCUT2D eigenvalue weighted by Gasteiger charge is -2.05. The van der Waals surface area contributed by atoms with Crippen molar-refractivity contribution in [1.82, 2.24) is 10.2 Å². The second-order valence-corrected chi connectivity index (χ2v) is 3.79. The van der Waals surface area contributed by atoms with Gasteiger partial charge in [-0.2, -0.15) is 0 Å². The lowest BCUT2D eigenvalue weighted by molar-refractivity contribution is 0.0651. The molecule has 0 unspecified atom stereocenters. The number of rotatable bonds is 4. The summed E-state index contributed by atoms with van der Waals surface area (Å²) in [6, 6.07) is 5.65. The molecule has 0 radical (unpaired) electrons. The quantitative estimate of drug-likeness (QED) is 0.885. The number of aromatic carboxylic acids is 1. The van der Waals surface area contributed by atoms with Gasteiger partial charge in [0.05, 0.1) is 13.5 Å². The van der Waals surface area contributed by atoms with Crippen LogP contribution in [0.3, 0.4) is 0 Å². The molecule has 6 nitrogen and oxygen atoms in total. The van der Waals surface area contributed by atoms with E-state index in [0.29, 0.717) is 6.42 Å². The van der Waals surface area contributed by atoms with Crippen LogP contribution >= 0.6 is 0 Å². The van der Waals surface area contributed by atoms with Crippen molar-refractivity contribution >= 4 is 5.97 Å². The normalized spacial score (nSPS) is 10.3. The van der Waals surface area contributed by atoms with Crippen molar-refractivity contribution in [2.45, 2.75) is 13.3 Å². The Hall–Kier alpha value is -2.37. The number of carboxylic acids is 1. The summed E-state index contributed by atoms with van der Waals surface area (Å²) in [4.78, 5) is 10.6. The molecule has 0 aliphatic rings. The first kappa shape index (κ1) is 12.1. The summed E-state index contributed by atoms with van der Waals surface area (Å²) >= 11 is 0. The number of carboxylic acid groups (broad SMARTS) is 1. The second kappa shape index (κ2) is 4.87. The Morgan fingerprint density at radius 3 is 2.78 bits per heavy atom. The van der Waals surface area contributed by atoms with Crippen molar-refractivity contribution in [2.75, 3.05) is 7.11 Å². The van der Waals surface area contributed by atoms with Crippen LogP contribution in [0.15, 0.2) is 22.6 Å². The van der Waals surface area contributed by atoms with E-state index < -0.39 is 11.9 Å². The van der Waals surface area contributed by atoms with Crippen LogP contribution in [0.2, 0.25) is 0 Å². The average molecular weight is 248 g/mol. The number of benzene rings is 1. The van der Waals surface area contributed by atoms with Crippen LogP contribution in [-0.2, 0) is 6.42 Å². The van der Waals surface area contributed by atoms with Crippen molar-refractivity contribution in [1.29, 1.82) is 0 Å². The molecule has 0 saturated carbocycles. The highest BCUT2D eigenvalue weighted by atomic mass is 16.5. The van der Waals surface area contributed by atoms with E-state index in [2.05, 4.69) is 10.2 Å². The van der Waals surface area contributed by atoms with Gasteiger partial charge in [-0.25, -0.2) is 4.79 Å². The highest BCUT2D eigenvalue weighted by Crippen LogP contribution is 2.20. The van der Waals surface area contributed by atoms with Crippen molar-refractivity contribution in [3.8, 4) is 5.75 Å². The van der Waals surface area contributed by atoms with Gasteiger partial charge in [0.25, 0.3) is 0 Å². The maximum atomic E-state index is 10.6. The maximum absolute atomic E-state index is 10.6. The van der Waals surface area contributed by atoms with Gasteiger partial charge in [-0.1, -0.05) is 12.1 Å². The van der Waals surface area contributed by atoms with E-state index in [1.807, 2.05) is 25.1 Å². The van der Waals surface area contributed by atoms with Gasteiger partial charge >= 0.3 is 11.9 Å². The number of ether oxygens (including phenoxy) is 1. The van der Waals surface area contributed by atoms with E-state index in [1.165, 1.54) is 0 Å². The fourth-order valence-corrected chi connectivity index (χ4v) is 1.64. The van der Waals surface area contributed by atoms with Gasteiger partial charge in [0, 0.05) is 0 Å². The molecule has 1 N–H and O–H groups in total. The number of hydrogen-bond donors (Lipinski definition) is 1. The van der Waals surface area contributed by atoms with Crippen LogP contribution < -0.4 is 4.74 Å². The molecule has 0 atom stereocenters. The van der Waals surface area contributed by atoms with Crippen molar-refractivity contribution in [2.24, 2.45) is 0 Å². The highest BCUT2D eigenvalue weighted by Gasteiger charge is 2.13. The Morgan fingerprint density at radius 1 is 1.44 bits per heavy atom. The molecule has 1 aromatic carbocycles. The number of hydrogen-bond acceptors (Lipinski definition) is 5. The number of carbonyl (C=O) groups is 1. The van der Waals surface area contributed by atoms with Crippen molar-refractivity contribution < 1.29 is 19.1 Å². The molecule has 18 heavy (non-hydrogen) atoms. The Bertz CT molecular complexity index is 577. The summed E-state index contributed by atoms with van der Waals surface area (Å²) in [5.41, 5.74) is 1.95. The molecule has 0 bridgehead atoms. The largest absolute Gasteiger partial charge is 0.496 e. The van der Waals surface area contributed by atoms with Gasteiger partial charge in [0.15, 0.2) is 0 Å². The van der Waals surface area contributed by atoms with E-state index >= 15 is 0 Å². The maximum Gasteiger partial charge on any atom is 0.393 e. The smallest absolute Gasteiger partial charge is 0.393 e. The van der Waals surface area contributed by atoms with Crippen molar-refractivity contribution in [3.63, 3.8) is 0 Å². The fourth-order valence-electron chi connectivity index (χ4n) is 1.64. The van der Waals surface area contributed by atoms with Crippen molar-refractivity contribution in [3.05, 3.63) is 41.1 Å². The molecule has 94 valence electrons. The number of nitrogens with zero attached hydrogens (tertiary/aromatic N) is 2. The van der Waals surface area contributed by atoms with Crippen LogP contribution in [0.5, 0.6) is 5.75 Å². The summed E-state index contributed by atoms with van der Waals surface area (Å²) in [5.74, 6) is -0.539. The van der Waals surface area contributed by atoms with Crippen LogP contribution in [-0.4, -0.2) is 28.4 Å². The van der Waals surface area contributed by atoms with Gasteiger partial charge in [0.1, 0.15) is 5.75 Å². The van der Waals surface area contributed by atoms with Crippen LogP contribution in [0, 0.1) is 6.92 Å². The molecule has 1 heterocycles. The van der Waals surface area contributed by atoms with Crippen LogP contribution in [0.25, 0.3) is 0 Å². The average Bonchev–Trinajstić information content (AvgIpc) is 2.78. The van der Waals surface area contributed by atoms with E-state index in [-0.39, 0.29) is 5.89 Å². The highest BCUT2D eigenvalue weighted by molar-refractivity contribution is 5.81. The van der Waals surface area contributed by atoms with E-state index in [1.54, 1.807) is 7.11 Å². The molecule has 0 fully saturated rings. The molecule has 0 amide bonds. The lowest BCUT2D eigenvalue weighted by atomic mass is 10.1. The van der Waals surface area contributed by atoms with Crippen LogP contribution in [0.4, 0.5) is 0 Å². The lowest BCUT2D eigenvalue weighted by Crippen LogP contribution is -1.95. The predicted octanol–water partition coefficient (Wildman–Crippen LogP) is 1.68. The number of methoxy groups -OCH3 is 1. The zero-order valence-electron chi connectivity index (χ0n) is 10.0. The Labute approximate surface area is 103 Å². The molecule has 1 aromatic heterocycles. The summed E-state index contributed by atoms with van der Waals surface area (Å²) in [7, 11) is 1.61. The summed E-state index contributed by atoms with van der Waals surface area (Å²) in [5, 5.41) is 15.8. The zero-order valence-corrected chi connectivity index (χ0v) is 10.0. The van der Waals surface area contributed by atoms with Gasteiger partial charge in [-0.3, -0.25) is 0 Å². The molecule has 0 spiro atoms. The predicted molar refractivity (Wildman–Crippen MR) is 61.8 cm³/mol. The Balaban J connectivity index is 2.18. The minimum atomic E-state index is -1.22. The zero-order chi connectivity index (χ0) is 13.1. The third kappa shape index (κ3) is 2.48. The first-order chi connectivity index (χ1) is 8.60. The fraction of sp³-hybridized carbons (Fsp3) is 0.250.